The van der Waals surface area contributed by atoms with Crippen molar-refractivity contribution in [2.75, 3.05) is 4.90 Å². The third-order valence-corrected chi connectivity index (χ3v) is 4.79. The molecule has 0 saturated carbocycles. The fraction of sp³-hybridized carbons (Fsp3) is 0.0455. The van der Waals surface area contributed by atoms with E-state index in [1.54, 1.807) is 11.2 Å². The molecule has 1 amide bonds. The van der Waals surface area contributed by atoms with Crippen molar-refractivity contribution in [1.29, 1.82) is 0 Å². The molecule has 136 valence electrons. The third-order valence-electron chi connectivity index (χ3n) is 4.79. The molecule has 3 heterocycles. The number of hydrogen-bond donors (Lipinski definition) is 1. The molecule has 28 heavy (non-hydrogen) atoms. The normalized spacial score (nSPS) is 11.1. The maximum Gasteiger partial charge on any atom is 0.258 e. The van der Waals surface area contributed by atoms with Crippen LogP contribution in [0.15, 0.2) is 85.5 Å². The molecular formula is C22H17N5O. The van der Waals surface area contributed by atoms with Gasteiger partial charge in [-0.2, -0.15) is 0 Å². The second-order valence-corrected chi connectivity index (χ2v) is 6.54. The monoisotopic (exact) mass is 367 g/mol. The topological polar surface area (TPSA) is 66.3 Å². The summed E-state index contributed by atoms with van der Waals surface area (Å²) in [4.78, 5) is 26.9. The number of imidazole rings is 2. The first kappa shape index (κ1) is 16.3. The number of carbonyl (C=O) groups is 1. The van der Waals surface area contributed by atoms with Crippen LogP contribution in [-0.4, -0.2) is 25.3 Å². The van der Waals surface area contributed by atoms with Crippen LogP contribution in [0.2, 0.25) is 0 Å². The molecule has 0 radical (unpaired) electrons. The number of anilines is 1. The molecule has 0 aliphatic rings. The van der Waals surface area contributed by atoms with Crippen LogP contribution in [0.25, 0.3) is 16.7 Å². The number of nitrogens with one attached hydrogen (secondary N) is 1. The molecule has 6 heteroatoms. The number of pyridine rings is 1. The molecule has 0 spiro atoms. The summed E-state index contributed by atoms with van der Waals surface area (Å²) in [5.74, 6) is -0.0754. The Bertz CT molecular complexity index is 1270. The van der Waals surface area contributed by atoms with Crippen LogP contribution in [0.4, 0.5) is 5.69 Å². The highest BCUT2D eigenvalue weighted by Crippen LogP contribution is 2.22. The van der Waals surface area contributed by atoms with Crippen LogP contribution in [0.1, 0.15) is 16.1 Å². The average Bonchev–Trinajstić information content (AvgIpc) is 3.38. The molecular weight excluding hydrogens is 350 g/mol. The maximum atomic E-state index is 13.4. The molecule has 5 aromatic rings. The second kappa shape index (κ2) is 6.66. The summed E-state index contributed by atoms with van der Waals surface area (Å²) < 4.78 is 2.00. The summed E-state index contributed by atoms with van der Waals surface area (Å²) in [5.41, 5.74) is 4.92. The first-order valence-electron chi connectivity index (χ1n) is 9.00. The van der Waals surface area contributed by atoms with E-state index in [2.05, 4.69) is 15.0 Å². The Labute approximate surface area is 161 Å². The zero-order valence-corrected chi connectivity index (χ0v) is 15.0. The van der Waals surface area contributed by atoms with Crippen LogP contribution in [0, 0.1) is 0 Å². The minimum Gasteiger partial charge on any atom is -0.345 e. The van der Waals surface area contributed by atoms with E-state index in [-0.39, 0.29) is 5.91 Å². The number of H-pyrrole nitrogens is 1. The van der Waals surface area contributed by atoms with Gasteiger partial charge in [0.05, 0.1) is 35.8 Å². The minimum atomic E-state index is -0.0754. The number of aromatic amines is 1. The van der Waals surface area contributed by atoms with E-state index in [9.17, 15) is 4.79 Å². The van der Waals surface area contributed by atoms with Crippen molar-refractivity contribution in [2.45, 2.75) is 6.54 Å². The number of nitrogens with zero attached hydrogens (tertiary/aromatic N) is 4. The Hall–Kier alpha value is -3.93. The lowest BCUT2D eigenvalue weighted by Crippen LogP contribution is -2.30. The Morgan fingerprint density at radius 3 is 2.75 bits per heavy atom. The van der Waals surface area contributed by atoms with Crippen molar-refractivity contribution in [3.05, 3.63) is 96.7 Å². The lowest BCUT2D eigenvalue weighted by atomic mass is 10.1. The first-order valence-corrected chi connectivity index (χ1v) is 9.00. The smallest absolute Gasteiger partial charge is 0.258 e. The van der Waals surface area contributed by atoms with Gasteiger partial charge in [0.2, 0.25) is 0 Å². The van der Waals surface area contributed by atoms with Crippen molar-refractivity contribution < 1.29 is 4.79 Å². The fourth-order valence-electron chi connectivity index (χ4n) is 3.38. The fourth-order valence-corrected chi connectivity index (χ4v) is 3.38. The van der Waals surface area contributed by atoms with Gasteiger partial charge in [0.25, 0.3) is 5.91 Å². The van der Waals surface area contributed by atoms with Gasteiger partial charge in [-0.05, 0) is 42.5 Å². The molecule has 0 unspecified atom stereocenters. The van der Waals surface area contributed by atoms with Crippen molar-refractivity contribution in [2.24, 2.45) is 0 Å². The molecule has 0 aliphatic carbocycles. The SMILES string of the molecule is O=C(c1ccc2nc[nH]c2c1)N(Cc1cnc2ccccn12)c1ccccc1. The standard InChI is InChI=1S/C22H17N5O/c28-22(16-9-10-19-20(12-16)25-15-24-19)27(17-6-2-1-3-7-17)14-18-13-23-21-8-4-5-11-26(18)21/h1-13,15H,14H2,(H,24,25). The van der Waals surface area contributed by atoms with Gasteiger partial charge in [0.1, 0.15) is 5.65 Å². The number of fused-ring (bicyclic) bond motifs is 2. The molecule has 0 fully saturated rings. The van der Waals surface area contributed by atoms with Gasteiger partial charge >= 0.3 is 0 Å². The van der Waals surface area contributed by atoms with Crippen molar-refractivity contribution in [3.63, 3.8) is 0 Å². The van der Waals surface area contributed by atoms with Gasteiger partial charge in [-0.15, -0.1) is 0 Å². The van der Waals surface area contributed by atoms with E-state index in [4.69, 9.17) is 0 Å². The summed E-state index contributed by atoms with van der Waals surface area (Å²) >= 11 is 0. The number of benzene rings is 2. The lowest BCUT2D eigenvalue weighted by molar-refractivity contribution is 0.0985. The van der Waals surface area contributed by atoms with Gasteiger partial charge in [0.15, 0.2) is 0 Å². The maximum absolute atomic E-state index is 13.4. The highest BCUT2D eigenvalue weighted by Gasteiger charge is 2.20. The minimum absolute atomic E-state index is 0.0754. The zero-order valence-electron chi connectivity index (χ0n) is 15.0. The van der Waals surface area contributed by atoms with E-state index < -0.39 is 0 Å². The number of rotatable bonds is 4. The van der Waals surface area contributed by atoms with Crippen LogP contribution >= 0.6 is 0 Å². The molecule has 1 N–H and O–H groups in total. The number of amides is 1. The van der Waals surface area contributed by atoms with Gasteiger partial charge in [-0.25, -0.2) is 9.97 Å². The molecule has 2 aromatic carbocycles. The van der Waals surface area contributed by atoms with Gasteiger partial charge in [-0.3, -0.25) is 4.79 Å². The predicted molar refractivity (Wildman–Crippen MR) is 108 cm³/mol. The van der Waals surface area contributed by atoms with E-state index in [0.29, 0.717) is 12.1 Å². The number of para-hydroxylation sites is 1. The lowest BCUT2D eigenvalue weighted by Gasteiger charge is -2.23. The summed E-state index contributed by atoms with van der Waals surface area (Å²) in [5, 5.41) is 0. The molecule has 0 atom stereocenters. The molecule has 6 nitrogen and oxygen atoms in total. The third kappa shape index (κ3) is 2.81. The Balaban J connectivity index is 1.57. The quantitative estimate of drug-likeness (QED) is 0.521. The van der Waals surface area contributed by atoms with E-state index in [1.165, 1.54) is 0 Å². The summed E-state index contributed by atoms with van der Waals surface area (Å²) in [6.45, 7) is 0.412. The Kier molecular flexibility index (Phi) is 3.87. The molecule has 0 aliphatic heterocycles. The second-order valence-electron chi connectivity index (χ2n) is 6.54. The summed E-state index contributed by atoms with van der Waals surface area (Å²) in [6.07, 6.45) is 5.41. The number of hydrogen-bond acceptors (Lipinski definition) is 3. The Morgan fingerprint density at radius 2 is 1.86 bits per heavy atom. The van der Waals surface area contributed by atoms with Gasteiger partial charge in [0, 0.05) is 17.4 Å². The van der Waals surface area contributed by atoms with Crippen molar-refractivity contribution in [1.82, 2.24) is 19.4 Å². The van der Waals surface area contributed by atoms with Gasteiger partial charge in [-0.1, -0.05) is 24.3 Å². The van der Waals surface area contributed by atoms with Crippen LogP contribution in [0.3, 0.4) is 0 Å². The zero-order chi connectivity index (χ0) is 18.9. The van der Waals surface area contributed by atoms with Crippen LogP contribution in [0.5, 0.6) is 0 Å². The first-order chi connectivity index (χ1) is 13.8. The number of carbonyl (C=O) groups excluding carboxylic acids is 1. The Morgan fingerprint density at radius 1 is 1.00 bits per heavy atom. The van der Waals surface area contributed by atoms with Crippen molar-refractivity contribution in [3.8, 4) is 0 Å². The average molecular weight is 367 g/mol. The molecule has 3 aromatic heterocycles. The van der Waals surface area contributed by atoms with Crippen LogP contribution in [-0.2, 0) is 6.54 Å². The van der Waals surface area contributed by atoms with Crippen LogP contribution < -0.4 is 4.90 Å². The van der Waals surface area contributed by atoms with E-state index >= 15 is 0 Å². The van der Waals surface area contributed by atoms with Crippen molar-refractivity contribution >= 4 is 28.3 Å². The molecule has 0 bridgehead atoms. The summed E-state index contributed by atoms with van der Waals surface area (Å²) in [6, 6.07) is 21.1. The van der Waals surface area contributed by atoms with E-state index in [1.807, 2.05) is 83.5 Å². The highest BCUT2D eigenvalue weighted by atomic mass is 16.2. The molecule has 5 rings (SSSR count). The summed E-state index contributed by atoms with van der Waals surface area (Å²) in [7, 11) is 0. The molecule has 0 saturated heterocycles. The largest absolute Gasteiger partial charge is 0.345 e. The van der Waals surface area contributed by atoms with E-state index in [0.717, 1.165) is 28.1 Å². The van der Waals surface area contributed by atoms with Gasteiger partial charge < -0.3 is 14.3 Å². The predicted octanol–water partition coefficient (Wildman–Crippen LogP) is 4.06. The highest BCUT2D eigenvalue weighted by molar-refractivity contribution is 6.07. The number of aromatic nitrogens is 4.